The van der Waals surface area contributed by atoms with Crippen LogP contribution >= 0.6 is 11.6 Å². The highest BCUT2D eigenvalue weighted by Crippen LogP contribution is 2.50. The summed E-state index contributed by atoms with van der Waals surface area (Å²) >= 11 is 5.96. The molecule has 128 valence electrons. The molecule has 2 aliphatic heterocycles. The summed E-state index contributed by atoms with van der Waals surface area (Å²) < 4.78 is 17.4. The molecule has 2 aromatic rings. The molecule has 0 spiro atoms. The van der Waals surface area contributed by atoms with Gasteiger partial charge in [-0.25, -0.2) is 0 Å². The van der Waals surface area contributed by atoms with Gasteiger partial charge in [0.05, 0.1) is 17.5 Å². The zero-order chi connectivity index (χ0) is 17.9. The van der Waals surface area contributed by atoms with Gasteiger partial charge < -0.3 is 13.9 Å². The first-order chi connectivity index (χ1) is 11.8. The van der Waals surface area contributed by atoms with Crippen molar-refractivity contribution in [2.24, 2.45) is 0 Å². The van der Waals surface area contributed by atoms with Crippen LogP contribution in [0.3, 0.4) is 0 Å². The Kier molecular flexibility index (Phi) is 3.34. The molecule has 0 N–H and O–H groups in total. The van der Waals surface area contributed by atoms with Crippen LogP contribution in [-0.4, -0.2) is 11.6 Å². The Labute approximate surface area is 148 Å². The summed E-state index contributed by atoms with van der Waals surface area (Å²) in [5.41, 5.74) is 2.56. The number of benzene rings is 1. The Morgan fingerprint density at radius 1 is 1.24 bits per heavy atom. The summed E-state index contributed by atoms with van der Waals surface area (Å²) in [6.45, 7) is 5.52. The molecule has 0 saturated carbocycles. The van der Waals surface area contributed by atoms with Crippen molar-refractivity contribution in [2.45, 2.75) is 32.8 Å². The molecule has 6 heteroatoms. The Morgan fingerprint density at radius 3 is 2.72 bits per heavy atom. The number of carbonyl (C=O) groups is 1. The first-order valence-electron chi connectivity index (χ1n) is 7.84. The number of aryl methyl sites for hydroxylation is 1. The van der Waals surface area contributed by atoms with Crippen LogP contribution < -0.4 is 14.9 Å². The zero-order valence-corrected chi connectivity index (χ0v) is 14.7. The highest BCUT2D eigenvalue weighted by molar-refractivity contribution is 6.29. The van der Waals surface area contributed by atoms with Crippen LogP contribution in [0.25, 0.3) is 22.6 Å². The van der Waals surface area contributed by atoms with Gasteiger partial charge in [0, 0.05) is 11.6 Å². The molecule has 0 radical (unpaired) electrons. The van der Waals surface area contributed by atoms with Gasteiger partial charge in [-0.1, -0.05) is 11.6 Å². The van der Waals surface area contributed by atoms with Crippen LogP contribution in [0, 0.1) is 6.92 Å². The van der Waals surface area contributed by atoms with Crippen LogP contribution in [-0.2, 0) is 4.79 Å². The van der Waals surface area contributed by atoms with Crippen LogP contribution in [0.4, 0.5) is 0 Å². The fourth-order valence-electron chi connectivity index (χ4n) is 3.20. The SMILES string of the molecule is Cc1cc(=O)c2c3c(c4c(c2o1)C=CC(C)(C)O4)C(=CCl)CC(=O)O3. The summed E-state index contributed by atoms with van der Waals surface area (Å²) in [5.74, 6) is 0.638. The predicted octanol–water partition coefficient (Wildman–Crippen LogP) is 4.17. The molecule has 0 fully saturated rings. The predicted molar refractivity (Wildman–Crippen MR) is 95.0 cm³/mol. The lowest BCUT2D eigenvalue weighted by Gasteiger charge is -2.32. The highest BCUT2D eigenvalue weighted by atomic mass is 35.5. The summed E-state index contributed by atoms with van der Waals surface area (Å²) in [6, 6.07) is 1.37. The highest BCUT2D eigenvalue weighted by Gasteiger charge is 2.35. The summed E-state index contributed by atoms with van der Waals surface area (Å²) in [4.78, 5) is 24.6. The molecule has 5 nitrogen and oxygen atoms in total. The average Bonchev–Trinajstić information content (AvgIpc) is 2.52. The minimum Gasteiger partial charge on any atom is -0.482 e. The molecule has 0 bridgehead atoms. The van der Waals surface area contributed by atoms with E-state index in [1.165, 1.54) is 11.6 Å². The van der Waals surface area contributed by atoms with Gasteiger partial charge in [0.1, 0.15) is 22.5 Å². The Hall–Kier alpha value is -2.53. The van der Waals surface area contributed by atoms with Crippen LogP contribution in [0.1, 0.15) is 37.2 Å². The molecule has 3 heterocycles. The molecule has 1 aromatic heterocycles. The van der Waals surface area contributed by atoms with Gasteiger partial charge in [0.15, 0.2) is 16.8 Å². The number of rotatable bonds is 0. The second kappa shape index (κ2) is 5.23. The molecule has 25 heavy (non-hydrogen) atoms. The van der Waals surface area contributed by atoms with Gasteiger partial charge >= 0.3 is 5.97 Å². The van der Waals surface area contributed by atoms with Gasteiger partial charge in [-0.3, -0.25) is 9.59 Å². The summed E-state index contributed by atoms with van der Waals surface area (Å²) in [6.07, 6.45) is 3.77. The topological polar surface area (TPSA) is 65.7 Å². The molecule has 0 atom stereocenters. The van der Waals surface area contributed by atoms with Gasteiger partial charge in [0.2, 0.25) is 0 Å². The maximum absolute atomic E-state index is 12.6. The minimum atomic E-state index is -0.558. The van der Waals surface area contributed by atoms with Gasteiger partial charge in [-0.05, 0) is 38.5 Å². The Balaban J connectivity index is 2.24. The molecular formula is C19H15ClO5. The van der Waals surface area contributed by atoms with E-state index in [4.69, 9.17) is 25.5 Å². The number of esters is 1. The van der Waals surface area contributed by atoms with Gasteiger partial charge in [-0.2, -0.15) is 0 Å². The second-order valence-corrected chi connectivity index (χ2v) is 6.91. The first-order valence-corrected chi connectivity index (χ1v) is 8.27. The second-order valence-electron chi connectivity index (χ2n) is 6.70. The van der Waals surface area contributed by atoms with E-state index >= 15 is 0 Å². The molecular weight excluding hydrogens is 344 g/mol. The zero-order valence-electron chi connectivity index (χ0n) is 13.9. The van der Waals surface area contributed by atoms with Crippen molar-refractivity contribution in [3.63, 3.8) is 0 Å². The van der Waals surface area contributed by atoms with Crippen molar-refractivity contribution >= 4 is 40.2 Å². The van der Waals surface area contributed by atoms with E-state index < -0.39 is 11.6 Å². The van der Waals surface area contributed by atoms with Gasteiger partial charge in [0.25, 0.3) is 0 Å². The molecule has 4 rings (SSSR count). The van der Waals surface area contributed by atoms with Crippen molar-refractivity contribution < 1.29 is 18.7 Å². The van der Waals surface area contributed by atoms with E-state index in [9.17, 15) is 9.59 Å². The number of hydrogen-bond acceptors (Lipinski definition) is 5. The van der Waals surface area contributed by atoms with Crippen LogP contribution in [0.5, 0.6) is 11.5 Å². The average molecular weight is 359 g/mol. The molecule has 0 amide bonds. The summed E-state index contributed by atoms with van der Waals surface area (Å²) in [7, 11) is 0. The third-order valence-electron chi connectivity index (χ3n) is 4.26. The Bertz CT molecular complexity index is 1060. The fourth-order valence-corrected chi connectivity index (χ4v) is 3.39. The maximum atomic E-state index is 12.6. The first kappa shape index (κ1) is 16.0. The van der Waals surface area contributed by atoms with E-state index in [0.29, 0.717) is 33.8 Å². The van der Waals surface area contributed by atoms with E-state index in [-0.39, 0.29) is 23.0 Å². The third-order valence-corrected chi connectivity index (χ3v) is 4.52. The number of carbonyl (C=O) groups excluding carboxylic acids is 1. The van der Waals surface area contributed by atoms with Crippen molar-refractivity contribution in [1.29, 1.82) is 0 Å². The monoisotopic (exact) mass is 358 g/mol. The molecule has 0 saturated heterocycles. The number of ether oxygens (including phenoxy) is 2. The molecule has 0 unspecified atom stereocenters. The largest absolute Gasteiger partial charge is 0.482 e. The van der Waals surface area contributed by atoms with Crippen LogP contribution in [0.15, 0.2) is 26.9 Å². The van der Waals surface area contributed by atoms with Crippen molar-refractivity contribution in [2.75, 3.05) is 0 Å². The molecule has 0 aliphatic carbocycles. The van der Waals surface area contributed by atoms with Gasteiger partial charge in [-0.15, -0.1) is 0 Å². The van der Waals surface area contributed by atoms with E-state index in [2.05, 4.69) is 0 Å². The smallest absolute Gasteiger partial charge is 0.315 e. The van der Waals surface area contributed by atoms with E-state index in [0.717, 1.165) is 0 Å². The lowest BCUT2D eigenvalue weighted by Crippen LogP contribution is -2.29. The minimum absolute atomic E-state index is 0.0130. The fraction of sp³-hybridized carbons (Fsp3) is 0.263. The lowest BCUT2D eigenvalue weighted by atomic mass is 9.91. The van der Waals surface area contributed by atoms with E-state index in [1.807, 2.05) is 26.0 Å². The number of hydrogen-bond donors (Lipinski definition) is 0. The Morgan fingerprint density at radius 2 is 2.00 bits per heavy atom. The van der Waals surface area contributed by atoms with Crippen molar-refractivity contribution in [3.05, 3.63) is 44.8 Å². The third kappa shape index (κ3) is 2.38. The number of fused-ring (bicyclic) bond motifs is 6. The molecule has 1 aromatic carbocycles. The normalized spacial score (nSPS) is 19.4. The quantitative estimate of drug-likeness (QED) is 0.522. The standard InChI is InChI=1S/C19H15ClO5/c1-9-6-12(21)15-16(23-9)11-4-5-19(2,3)25-17(11)14-10(8-20)7-13(22)24-18(14)15/h4-6,8H,7H2,1-3H3. The number of halogens is 1. The lowest BCUT2D eigenvalue weighted by molar-refractivity contribution is -0.133. The van der Waals surface area contributed by atoms with Crippen molar-refractivity contribution in [1.82, 2.24) is 0 Å². The van der Waals surface area contributed by atoms with Crippen molar-refractivity contribution in [3.8, 4) is 11.5 Å². The van der Waals surface area contributed by atoms with E-state index in [1.54, 1.807) is 6.92 Å². The molecule has 2 aliphatic rings. The summed E-state index contributed by atoms with van der Waals surface area (Å²) in [5, 5.41) is 0.219. The van der Waals surface area contributed by atoms with Crippen LogP contribution in [0.2, 0.25) is 0 Å². The maximum Gasteiger partial charge on any atom is 0.315 e.